The van der Waals surface area contributed by atoms with Crippen molar-refractivity contribution in [2.75, 3.05) is 13.2 Å². The van der Waals surface area contributed by atoms with Gasteiger partial charge in [-0.05, 0) is 25.2 Å². The summed E-state index contributed by atoms with van der Waals surface area (Å²) in [6.07, 6.45) is 43.8. The molecule has 0 radical (unpaired) electrons. The van der Waals surface area contributed by atoms with Crippen LogP contribution in [0.15, 0.2) is 0 Å². The van der Waals surface area contributed by atoms with Crippen molar-refractivity contribution in [3.63, 3.8) is 0 Å². The highest BCUT2D eigenvalue weighted by atomic mass is 16.6. The van der Waals surface area contributed by atoms with Crippen LogP contribution in [0.25, 0.3) is 0 Å². The van der Waals surface area contributed by atoms with E-state index in [0.29, 0.717) is 19.3 Å². The molecular formula is C49H94O6. The van der Waals surface area contributed by atoms with Gasteiger partial charge in [-0.15, -0.1) is 0 Å². The van der Waals surface area contributed by atoms with Crippen molar-refractivity contribution in [3.05, 3.63) is 0 Å². The number of ether oxygens (including phenoxy) is 3. The minimum absolute atomic E-state index is 0.0635. The number of carbonyl (C=O) groups is 3. The van der Waals surface area contributed by atoms with Gasteiger partial charge < -0.3 is 14.2 Å². The Morgan fingerprint density at radius 2 is 0.600 bits per heavy atom. The van der Waals surface area contributed by atoms with Gasteiger partial charge in [-0.2, -0.15) is 0 Å². The number of unbranched alkanes of at least 4 members (excludes halogenated alkanes) is 31. The second-order valence-corrected chi connectivity index (χ2v) is 17.2. The fourth-order valence-corrected chi connectivity index (χ4v) is 7.33. The monoisotopic (exact) mass is 779 g/mol. The molecule has 0 aromatic carbocycles. The molecule has 1 atom stereocenters. The first-order valence-electron chi connectivity index (χ1n) is 24.4. The van der Waals surface area contributed by atoms with Crippen LogP contribution in [0, 0.1) is 5.92 Å². The molecule has 0 aliphatic heterocycles. The van der Waals surface area contributed by atoms with Crippen molar-refractivity contribution in [1.82, 2.24) is 0 Å². The van der Waals surface area contributed by atoms with E-state index in [-0.39, 0.29) is 31.1 Å². The Morgan fingerprint density at radius 3 is 0.891 bits per heavy atom. The molecule has 0 rings (SSSR count). The van der Waals surface area contributed by atoms with Gasteiger partial charge in [-0.3, -0.25) is 14.4 Å². The SMILES string of the molecule is CCCCCCCCCCCCCCC(=O)OC[C@H](COC(=O)CCCCCCCCC)OC(=O)CCCCCCCCCCCCCCCCCC(C)C. The van der Waals surface area contributed by atoms with E-state index in [1.807, 2.05) is 0 Å². The van der Waals surface area contributed by atoms with E-state index in [0.717, 1.165) is 63.7 Å². The Bertz CT molecular complexity index is 826. The summed E-state index contributed by atoms with van der Waals surface area (Å²) in [6.45, 7) is 8.98. The molecule has 0 heterocycles. The summed E-state index contributed by atoms with van der Waals surface area (Å²) in [5, 5.41) is 0. The van der Waals surface area contributed by atoms with Crippen LogP contribution in [0.1, 0.15) is 272 Å². The zero-order valence-electron chi connectivity index (χ0n) is 37.4. The fourth-order valence-electron chi connectivity index (χ4n) is 7.33. The molecule has 0 amide bonds. The fraction of sp³-hybridized carbons (Fsp3) is 0.939. The van der Waals surface area contributed by atoms with Gasteiger partial charge in [0.05, 0.1) is 0 Å². The molecule has 0 bridgehead atoms. The van der Waals surface area contributed by atoms with Crippen LogP contribution in [0.3, 0.4) is 0 Å². The minimum Gasteiger partial charge on any atom is -0.462 e. The molecular weight excluding hydrogens is 685 g/mol. The summed E-state index contributed by atoms with van der Waals surface area (Å²) in [4.78, 5) is 37.7. The highest BCUT2D eigenvalue weighted by Gasteiger charge is 2.19. The average molecular weight is 779 g/mol. The smallest absolute Gasteiger partial charge is 0.306 e. The van der Waals surface area contributed by atoms with Gasteiger partial charge >= 0.3 is 17.9 Å². The third-order valence-corrected chi connectivity index (χ3v) is 11.0. The van der Waals surface area contributed by atoms with Crippen molar-refractivity contribution in [3.8, 4) is 0 Å². The third kappa shape index (κ3) is 43.4. The zero-order valence-corrected chi connectivity index (χ0v) is 37.4. The number of carbonyl (C=O) groups excluding carboxylic acids is 3. The molecule has 0 aromatic heterocycles. The molecule has 0 unspecified atom stereocenters. The van der Waals surface area contributed by atoms with Crippen LogP contribution in [-0.4, -0.2) is 37.2 Å². The molecule has 0 N–H and O–H groups in total. The van der Waals surface area contributed by atoms with E-state index in [2.05, 4.69) is 27.7 Å². The number of rotatable bonds is 44. The third-order valence-electron chi connectivity index (χ3n) is 11.0. The van der Waals surface area contributed by atoms with Crippen LogP contribution in [0.5, 0.6) is 0 Å². The van der Waals surface area contributed by atoms with Gasteiger partial charge in [0.25, 0.3) is 0 Å². The predicted molar refractivity (Wildman–Crippen MR) is 233 cm³/mol. The Hall–Kier alpha value is -1.59. The summed E-state index contributed by atoms with van der Waals surface area (Å²) in [5.74, 6) is -0.00740. The zero-order chi connectivity index (χ0) is 40.3. The van der Waals surface area contributed by atoms with E-state index in [1.165, 1.54) is 167 Å². The van der Waals surface area contributed by atoms with Crippen LogP contribution in [0.2, 0.25) is 0 Å². The van der Waals surface area contributed by atoms with Gasteiger partial charge in [0, 0.05) is 19.3 Å². The first-order valence-corrected chi connectivity index (χ1v) is 24.4. The quantitative estimate of drug-likeness (QED) is 0.0348. The number of hydrogen-bond acceptors (Lipinski definition) is 6. The Kier molecular flexibility index (Phi) is 42.3. The Labute approximate surface area is 342 Å². The van der Waals surface area contributed by atoms with Crippen molar-refractivity contribution in [2.45, 2.75) is 278 Å². The summed E-state index contributed by atoms with van der Waals surface area (Å²) >= 11 is 0. The second-order valence-electron chi connectivity index (χ2n) is 17.2. The van der Waals surface area contributed by atoms with Crippen molar-refractivity contribution < 1.29 is 28.6 Å². The Morgan fingerprint density at radius 1 is 0.345 bits per heavy atom. The molecule has 55 heavy (non-hydrogen) atoms. The highest BCUT2D eigenvalue weighted by molar-refractivity contribution is 5.71. The lowest BCUT2D eigenvalue weighted by Gasteiger charge is -2.18. The summed E-state index contributed by atoms with van der Waals surface area (Å²) in [7, 11) is 0. The number of hydrogen-bond donors (Lipinski definition) is 0. The van der Waals surface area contributed by atoms with Gasteiger partial charge in [0.2, 0.25) is 0 Å². The number of esters is 3. The first kappa shape index (κ1) is 53.4. The molecule has 0 saturated carbocycles. The molecule has 326 valence electrons. The Balaban J connectivity index is 4.20. The van der Waals surface area contributed by atoms with Crippen LogP contribution in [-0.2, 0) is 28.6 Å². The first-order chi connectivity index (χ1) is 26.9. The maximum absolute atomic E-state index is 12.7. The van der Waals surface area contributed by atoms with Crippen LogP contribution >= 0.6 is 0 Å². The summed E-state index contributed by atoms with van der Waals surface area (Å²) < 4.78 is 16.7. The molecule has 0 saturated heterocycles. The van der Waals surface area contributed by atoms with E-state index in [4.69, 9.17) is 14.2 Å². The van der Waals surface area contributed by atoms with E-state index >= 15 is 0 Å². The maximum Gasteiger partial charge on any atom is 0.306 e. The van der Waals surface area contributed by atoms with Gasteiger partial charge in [0.1, 0.15) is 13.2 Å². The van der Waals surface area contributed by atoms with Crippen molar-refractivity contribution >= 4 is 17.9 Å². The van der Waals surface area contributed by atoms with E-state index in [1.54, 1.807) is 0 Å². The normalized spacial score (nSPS) is 11.9. The van der Waals surface area contributed by atoms with Crippen molar-refractivity contribution in [2.24, 2.45) is 5.92 Å². The van der Waals surface area contributed by atoms with Crippen LogP contribution < -0.4 is 0 Å². The average Bonchev–Trinajstić information content (AvgIpc) is 3.17. The predicted octanol–water partition coefficient (Wildman–Crippen LogP) is 15.5. The van der Waals surface area contributed by atoms with Gasteiger partial charge in [-0.1, -0.05) is 233 Å². The molecule has 0 fully saturated rings. The molecule has 6 heteroatoms. The lowest BCUT2D eigenvalue weighted by molar-refractivity contribution is -0.167. The highest BCUT2D eigenvalue weighted by Crippen LogP contribution is 2.17. The molecule has 0 aliphatic rings. The maximum atomic E-state index is 12.7. The summed E-state index contributed by atoms with van der Waals surface area (Å²) in [6, 6.07) is 0. The van der Waals surface area contributed by atoms with Crippen LogP contribution in [0.4, 0.5) is 0 Å². The second kappa shape index (κ2) is 43.5. The molecule has 6 nitrogen and oxygen atoms in total. The van der Waals surface area contributed by atoms with E-state index in [9.17, 15) is 14.4 Å². The topological polar surface area (TPSA) is 78.9 Å². The van der Waals surface area contributed by atoms with Gasteiger partial charge in [0.15, 0.2) is 6.10 Å². The van der Waals surface area contributed by atoms with E-state index < -0.39 is 6.10 Å². The lowest BCUT2D eigenvalue weighted by Crippen LogP contribution is -2.30. The molecule has 0 aliphatic carbocycles. The minimum atomic E-state index is -0.758. The lowest BCUT2D eigenvalue weighted by atomic mass is 10.0. The summed E-state index contributed by atoms with van der Waals surface area (Å²) in [5.41, 5.74) is 0. The largest absolute Gasteiger partial charge is 0.462 e. The van der Waals surface area contributed by atoms with Crippen molar-refractivity contribution in [1.29, 1.82) is 0 Å². The van der Waals surface area contributed by atoms with Gasteiger partial charge in [-0.25, -0.2) is 0 Å². The molecule has 0 aromatic rings. The molecule has 0 spiro atoms. The standard InChI is InChI=1S/C49H94O6/c1-5-7-9-11-13-14-15-22-25-29-33-37-41-48(51)54-44-46(43-53-47(50)40-36-32-27-12-10-8-6-2)55-49(52)42-38-34-30-26-23-20-18-16-17-19-21-24-28-31-35-39-45(3)4/h45-46H,5-44H2,1-4H3/t46-/m0/s1.